The fraction of sp³-hybridized carbons (Fsp3) is 0.538. The summed E-state index contributed by atoms with van der Waals surface area (Å²) in [5.74, 6) is 6.24. The van der Waals surface area contributed by atoms with Crippen molar-refractivity contribution < 1.29 is 4.79 Å². The van der Waals surface area contributed by atoms with Crippen molar-refractivity contribution in [3.05, 3.63) is 23.9 Å². The summed E-state index contributed by atoms with van der Waals surface area (Å²) >= 11 is 0. The second kappa shape index (κ2) is 5.82. The predicted octanol–water partition coefficient (Wildman–Crippen LogP) is 1.68. The number of hydrazine groups is 1. The molecule has 0 bridgehead atoms. The highest BCUT2D eigenvalue weighted by Gasteiger charge is 2.23. The predicted molar refractivity (Wildman–Crippen MR) is 70.9 cm³/mol. The number of carbonyl (C=O) groups is 1. The smallest absolute Gasteiger partial charge is 0.270 e. The number of nitrogens with two attached hydrogens (primary N) is 1. The van der Waals surface area contributed by atoms with E-state index in [4.69, 9.17) is 5.84 Å². The summed E-state index contributed by atoms with van der Waals surface area (Å²) in [5, 5.41) is 3.02. The van der Waals surface area contributed by atoms with E-state index in [-0.39, 0.29) is 11.9 Å². The van der Waals surface area contributed by atoms with Crippen LogP contribution in [0.4, 0.5) is 5.82 Å². The zero-order valence-electron chi connectivity index (χ0n) is 10.6. The quantitative estimate of drug-likeness (QED) is 0.559. The van der Waals surface area contributed by atoms with Crippen LogP contribution in [0.1, 0.15) is 43.1 Å². The molecule has 1 aromatic rings. The average Bonchev–Trinajstić information content (AvgIpc) is 2.92. The van der Waals surface area contributed by atoms with Crippen molar-refractivity contribution in [1.82, 2.24) is 10.3 Å². The van der Waals surface area contributed by atoms with Crippen LogP contribution in [-0.4, -0.2) is 16.9 Å². The van der Waals surface area contributed by atoms with Gasteiger partial charge in [-0.1, -0.05) is 18.9 Å². The Hall–Kier alpha value is -1.62. The van der Waals surface area contributed by atoms with Gasteiger partial charge in [0.15, 0.2) is 0 Å². The lowest BCUT2D eigenvalue weighted by molar-refractivity contribution is 0.0922. The average molecular weight is 248 g/mol. The number of aromatic nitrogens is 1. The Kier molecular flexibility index (Phi) is 4.15. The molecule has 98 valence electrons. The number of hydrogen-bond donors (Lipinski definition) is 3. The Labute approximate surface area is 107 Å². The highest BCUT2D eigenvalue weighted by Crippen LogP contribution is 2.27. The van der Waals surface area contributed by atoms with Gasteiger partial charge in [-0.2, -0.15) is 0 Å². The van der Waals surface area contributed by atoms with Gasteiger partial charge in [0.05, 0.1) is 0 Å². The number of amides is 1. The molecule has 0 radical (unpaired) electrons. The molecule has 5 heteroatoms. The first-order chi connectivity index (χ1) is 8.70. The second-order valence-electron chi connectivity index (χ2n) is 4.86. The van der Waals surface area contributed by atoms with Crippen LogP contribution in [0.2, 0.25) is 0 Å². The lowest BCUT2D eigenvalue weighted by atomic mass is 10.00. The van der Waals surface area contributed by atoms with Crippen LogP contribution in [0.5, 0.6) is 0 Å². The maximum Gasteiger partial charge on any atom is 0.270 e. The summed E-state index contributed by atoms with van der Waals surface area (Å²) in [6.07, 6.45) is 4.96. The van der Waals surface area contributed by atoms with Crippen LogP contribution >= 0.6 is 0 Å². The molecule has 0 spiro atoms. The Morgan fingerprint density at radius 3 is 2.83 bits per heavy atom. The van der Waals surface area contributed by atoms with Gasteiger partial charge < -0.3 is 10.7 Å². The largest absolute Gasteiger partial charge is 0.348 e. The van der Waals surface area contributed by atoms with Gasteiger partial charge in [0.25, 0.3) is 5.91 Å². The van der Waals surface area contributed by atoms with Gasteiger partial charge in [-0.25, -0.2) is 10.8 Å². The monoisotopic (exact) mass is 248 g/mol. The Morgan fingerprint density at radius 2 is 2.17 bits per heavy atom. The van der Waals surface area contributed by atoms with Gasteiger partial charge in [0, 0.05) is 6.04 Å². The normalized spacial score (nSPS) is 17.4. The van der Waals surface area contributed by atoms with Gasteiger partial charge in [0.2, 0.25) is 0 Å². The number of nitrogens with zero attached hydrogens (tertiary/aromatic N) is 1. The first-order valence-corrected chi connectivity index (χ1v) is 6.45. The van der Waals surface area contributed by atoms with Crippen LogP contribution in [0.15, 0.2) is 18.2 Å². The molecule has 5 nitrogen and oxygen atoms in total. The van der Waals surface area contributed by atoms with E-state index < -0.39 is 0 Å². The number of nitrogens with one attached hydrogen (secondary N) is 2. The third-order valence-electron chi connectivity index (χ3n) is 3.60. The van der Waals surface area contributed by atoms with Crippen molar-refractivity contribution in [2.24, 2.45) is 11.8 Å². The summed E-state index contributed by atoms with van der Waals surface area (Å²) in [6, 6.07) is 5.38. The minimum absolute atomic E-state index is 0.133. The summed E-state index contributed by atoms with van der Waals surface area (Å²) in [6.45, 7) is 2.07. The fourth-order valence-corrected chi connectivity index (χ4v) is 2.50. The molecule has 1 unspecified atom stereocenters. The van der Waals surface area contributed by atoms with Crippen molar-refractivity contribution in [2.75, 3.05) is 5.43 Å². The lowest BCUT2D eigenvalue weighted by Crippen LogP contribution is -2.37. The lowest BCUT2D eigenvalue weighted by Gasteiger charge is -2.20. The molecule has 1 heterocycles. The third-order valence-corrected chi connectivity index (χ3v) is 3.60. The van der Waals surface area contributed by atoms with E-state index in [1.54, 1.807) is 18.2 Å². The number of rotatable bonds is 4. The van der Waals surface area contributed by atoms with Gasteiger partial charge in [0.1, 0.15) is 11.5 Å². The van der Waals surface area contributed by atoms with E-state index in [2.05, 4.69) is 22.7 Å². The number of carbonyl (C=O) groups excluding carboxylic acids is 1. The second-order valence-corrected chi connectivity index (χ2v) is 4.86. The zero-order valence-corrected chi connectivity index (χ0v) is 10.6. The molecule has 1 atom stereocenters. The van der Waals surface area contributed by atoms with Crippen LogP contribution in [0.25, 0.3) is 0 Å². The maximum absolute atomic E-state index is 12.0. The minimum Gasteiger partial charge on any atom is -0.348 e. The van der Waals surface area contributed by atoms with E-state index in [0.717, 1.165) is 0 Å². The topological polar surface area (TPSA) is 80.0 Å². The first kappa shape index (κ1) is 12.8. The molecule has 2 rings (SSSR count). The van der Waals surface area contributed by atoms with Crippen LogP contribution < -0.4 is 16.6 Å². The SMILES string of the molecule is CC(NC(=O)c1cccc(NN)n1)C1CCCC1. The molecular weight excluding hydrogens is 228 g/mol. The van der Waals surface area contributed by atoms with Crippen molar-refractivity contribution in [1.29, 1.82) is 0 Å². The summed E-state index contributed by atoms with van der Waals surface area (Å²) < 4.78 is 0. The number of hydrogen-bond acceptors (Lipinski definition) is 4. The van der Waals surface area contributed by atoms with E-state index >= 15 is 0 Å². The molecule has 1 aliphatic rings. The molecule has 1 aliphatic carbocycles. The van der Waals surface area contributed by atoms with Crippen molar-refractivity contribution >= 4 is 11.7 Å². The molecule has 0 aromatic carbocycles. The molecule has 0 aliphatic heterocycles. The van der Waals surface area contributed by atoms with Crippen LogP contribution in [0.3, 0.4) is 0 Å². The fourth-order valence-electron chi connectivity index (χ4n) is 2.50. The Bertz CT molecular complexity index is 415. The third kappa shape index (κ3) is 2.98. The summed E-state index contributed by atoms with van der Waals surface area (Å²) in [5.41, 5.74) is 2.84. The van der Waals surface area contributed by atoms with E-state index in [1.165, 1.54) is 25.7 Å². The van der Waals surface area contributed by atoms with E-state index in [0.29, 0.717) is 17.4 Å². The Morgan fingerprint density at radius 1 is 1.44 bits per heavy atom. The van der Waals surface area contributed by atoms with E-state index in [9.17, 15) is 4.79 Å². The summed E-state index contributed by atoms with van der Waals surface area (Å²) in [7, 11) is 0. The molecular formula is C13H20N4O. The van der Waals surface area contributed by atoms with Gasteiger partial charge in [-0.3, -0.25) is 4.79 Å². The molecule has 0 saturated heterocycles. The summed E-state index contributed by atoms with van der Waals surface area (Å²) in [4.78, 5) is 16.2. The highest BCUT2D eigenvalue weighted by atomic mass is 16.1. The molecule has 1 saturated carbocycles. The molecule has 1 amide bonds. The van der Waals surface area contributed by atoms with Crippen molar-refractivity contribution in [2.45, 2.75) is 38.6 Å². The maximum atomic E-state index is 12.0. The van der Waals surface area contributed by atoms with Gasteiger partial charge >= 0.3 is 0 Å². The highest BCUT2D eigenvalue weighted by molar-refractivity contribution is 5.92. The van der Waals surface area contributed by atoms with Crippen molar-refractivity contribution in [3.63, 3.8) is 0 Å². The van der Waals surface area contributed by atoms with Gasteiger partial charge in [-0.05, 0) is 37.8 Å². The molecule has 1 aromatic heterocycles. The van der Waals surface area contributed by atoms with Crippen molar-refractivity contribution in [3.8, 4) is 0 Å². The van der Waals surface area contributed by atoms with Gasteiger partial charge in [-0.15, -0.1) is 0 Å². The number of nitrogen functional groups attached to an aromatic ring is 1. The van der Waals surface area contributed by atoms with E-state index in [1.807, 2.05) is 0 Å². The first-order valence-electron chi connectivity index (χ1n) is 6.45. The van der Waals surface area contributed by atoms with Crippen LogP contribution in [0, 0.1) is 5.92 Å². The standard InChI is InChI=1S/C13H20N4O/c1-9(10-5-2-3-6-10)15-13(18)11-7-4-8-12(16-11)17-14/h4,7-10H,2-3,5-6,14H2,1H3,(H,15,18)(H,16,17). The van der Waals surface area contributed by atoms with Crippen LogP contribution in [-0.2, 0) is 0 Å². The molecule has 4 N–H and O–H groups in total. The molecule has 1 fully saturated rings. The minimum atomic E-state index is -0.133. The number of anilines is 1. The molecule has 18 heavy (non-hydrogen) atoms. The zero-order chi connectivity index (χ0) is 13.0. The number of pyridine rings is 1. The Balaban J connectivity index is 1.97.